The van der Waals surface area contributed by atoms with Crippen LogP contribution >= 0.6 is 0 Å². The van der Waals surface area contributed by atoms with Gasteiger partial charge in [-0.05, 0) is 46.9 Å². The third kappa shape index (κ3) is 4.35. The van der Waals surface area contributed by atoms with Crippen molar-refractivity contribution in [2.75, 3.05) is 6.54 Å². The van der Waals surface area contributed by atoms with Gasteiger partial charge < -0.3 is 0 Å². The summed E-state index contributed by atoms with van der Waals surface area (Å²) < 4.78 is 27.2. The molecule has 3 aromatic rings. The quantitative estimate of drug-likeness (QED) is 0.642. The Morgan fingerprint density at radius 1 is 0.920 bits per heavy atom. The van der Waals surface area contributed by atoms with Gasteiger partial charge in [-0.2, -0.15) is 0 Å². The zero-order chi connectivity index (χ0) is 17.7. The molecule has 3 aromatic carbocycles. The highest BCUT2D eigenvalue weighted by atomic mass is 32.2. The standard InChI is InChI=1S/C21H21NO2S/c1-2-17-10-13-21(14-11-17)25(23,24)22-15-5-6-18-9-12-19-7-3-4-8-20(19)16-18/h2-4,7-14,16,22H,1,5-6,15H2. The van der Waals surface area contributed by atoms with Crippen LogP contribution in [-0.2, 0) is 16.4 Å². The molecule has 0 aliphatic carbocycles. The number of aryl methyl sites for hydroxylation is 1. The van der Waals surface area contributed by atoms with Gasteiger partial charge in [0, 0.05) is 6.54 Å². The Hall–Kier alpha value is -2.43. The molecule has 0 radical (unpaired) electrons. The largest absolute Gasteiger partial charge is 0.240 e. The lowest BCUT2D eigenvalue weighted by atomic mass is 10.0. The first-order chi connectivity index (χ1) is 12.1. The summed E-state index contributed by atoms with van der Waals surface area (Å²) >= 11 is 0. The van der Waals surface area contributed by atoms with Crippen molar-refractivity contribution in [2.45, 2.75) is 17.7 Å². The number of hydrogen-bond acceptors (Lipinski definition) is 2. The van der Waals surface area contributed by atoms with E-state index >= 15 is 0 Å². The van der Waals surface area contributed by atoms with Crippen molar-refractivity contribution >= 4 is 26.9 Å². The normalized spacial score (nSPS) is 11.5. The van der Waals surface area contributed by atoms with Crippen LogP contribution < -0.4 is 4.72 Å². The second-order valence-electron chi connectivity index (χ2n) is 5.96. The second kappa shape index (κ2) is 7.64. The molecule has 0 amide bonds. The summed E-state index contributed by atoms with van der Waals surface area (Å²) in [5.41, 5.74) is 2.11. The summed E-state index contributed by atoms with van der Waals surface area (Å²) in [6.45, 7) is 4.08. The molecule has 0 spiro atoms. The van der Waals surface area contributed by atoms with Crippen LogP contribution in [0.3, 0.4) is 0 Å². The lowest BCUT2D eigenvalue weighted by Crippen LogP contribution is -2.25. The Balaban J connectivity index is 1.56. The lowest BCUT2D eigenvalue weighted by Gasteiger charge is -2.08. The Labute approximate surface area is 149 Å². The Morgan fingerprint density at radius 3 is 2.36 bits per heavy atom. The molecule has 1 N–H and O–H groups in total. The summed E-state index contributed by atoms with van der Waals surface area (Å²) in [6, 6.07) is 21.3. The van der Waals surface area contributed by atoms with Gasteiger partial charge in [-0.3, -0.25) is 0 Å². The van der Waals surface area contributed by atoms with Crippen molar-refractivity contribution in [1.82, 2.24) is 4.72 Å². The van der Waals surface area contributed by atoms with Gasteiger partial charge in [-0.15, -0.1) is 0 Å². The van der Waals surface area contributed by atoms with Crippen LogP contribution in [0, 0.1) is 0 Å². The van der Waals surface area contributed by atoms with E-state index in [1.807, 2.05) is 12.1 Å². The topological polar surface area (TPSA) is 46.2 Å². The fourth-order valence-electron chi connectivity index (χ4n) is 2.76. The van der Waals surface area contributed by atoms with E-state index in [1.54, 1.807) is 30.3 Å². The van der Waals surface area contributed by atoms with E-state index in [1.165, 1.54) is 16.3 Å². The van der Waals surface area contributed by atoms with E-state index in [0.717, 1.165) is 18.4 Å². The summed E-state index contributed by atoms with van der Waals surface area (Å²) in [4.78, 5) is 0.281. The Bertz CT molecular complexity index is 976. The molecular formula is C21H21NO2S. The molecule has 128 valence electrons. The number of fused-ring (bicyclic) bond motifs is 1. The average molecular weight is 351 g/mol. The predicted octanol–water partition coefficient (Wildman–Crippen LogP) is 4.39. The summed E-state index contributed by atoms with van der Waals surface area (Å²) in [5, 5.41) is 2.43. The SMILES string of the molecule is C=Cc1ccc(S(=O)(=O)NCCCc2ccc3ccccc3c2)cc1. The maximum atomic E-state index is 12.3. The monoisotopic (exact) mass is 351 g/mol. The third-order valence-electron chi connectivity index (χ3n) is 4.17. The molecule has 0 unspecified atom stereocenters. The zero-order valence-electron chi connectivity index (χ0n) is 14.0. The highest BCUT2D eigenvalue weighted by Crippen LogP contribution is 2.17. The van der Waals surface area contributed by atoms with E-state index in [9.17, 15) is 8.42 Å². The van der Waals surface area contributed by atoms with Crippen molar-refractivity contribution in [3.63, 3.8) is 0 Å². The van der Waals surface area contributed by atoms with Crippen LogP contribution in [0.5, 0.6) is 0 Å². The summed E-state index contributed by atoms with van der Waals surface area (Å²) in [5.74, 6) is 0. The molecule has 25 heavy (non-hydrogen) atoms. The van der Waals surface area contributed by atoms with E-state index < -0.39 is 10.0 Å². The predicted molar refractivity (Wildman–Crippen MR) is 104 cm³/mol. The fourth-order valence-corrected chi connectivity index (χ4v) is 3.83. The van der Waals surface area contributed by atoms with Gasteiger partial charge in [-0.1, -0.05) is 67.3 Å². The molecule has 0 bridgehead atoms. The van der Waals surface area contributed by atoms with E-state index in [0.29, 0.717) is 6.54 Å². The Kier molecular flexibility index (Phi) is 5.31. The first-order valence-electron chi connectivity index (χ1n) is 8.28. The maximum Gasteiger partial charge on any atom is 0.240 e. The highest BCUT2D eigenvalue weighted by Gasteiger charge is 2.12. The Morgan fingerprint density at radius 2 is 1.64 bits per heavy atom. The molecule has 3 nitrogen and oxygen atoms in total. The minimum atomic E-state index is -3.46. The number of hydrogen-bond donors (Lipinski definition) is 1. The van der Waals surface area contributed by atoms with Crippen LogP contribution in [0.1, 0.15) is 17.5 Å². The van der Waals surface area contributed by atoms with Crippen LogP contribution in [0.2, 0.25) is 0 Å². The molecule has 0 saturated carbocycles. The average Bonchev–Trinajstić information content (AvgIpc) is 2.65. The van der Waals surface area contributed by atoms with Crippen LogP contribution in [-0.4, -0.2) is 15.0 Å². The van der Waals surface area contributed by atoms with E-state index in [4.69, 9.17) is 0 Å². The zero-order valence-corrected chi connectivity index (χ0v) is 14.8. The third-order valence-corrected chi connectivity index (χ3v) is 5.65. The molecule has 0 heterocycles. The van der Waals surface area contributed by atoms with Gasteiger partial charge in [0.25, 0.3) is 0 Å². The van der Waals surface area contributed by atoms with Crippen molar-refractivity contribution in [3.05, 3.63) is 84.4 Å². The smallest absolute Gasteiger partial charge is 0.211 e. The lowest BCUT2D eigenvalue weighted by molar-refractivity contribution is 0.579. The summed E-state index contributed by atoms with van der Waals surface area (Å²) in [7, 11) is -3.46. The fraction of sp³-hybridized carbons (Fsp3) is 0.143. The van der Waals surface area contributed by atoms with Crippen LogP contribution in [0.25, 0.3) is 16.8 Å². The molecule has 0 atom stereocenters. The maximum absolute atomic E-state index is 12.3. The summed E-state index contributed by atoms with van der Waals surface area (Å²) in [6.07, 6.45) is 3.28. The minimum absolute atomic E-state index is 0.281. The van der Waals surface area contributed by atoms with E-state index in [-0.39, 0.29) is 4.90 Å². The van der Waals surface area contributed by atoms with Gasteiger partial charge >= 0.3 is 0 Å². The van der Waals surface area contributed by atoms with Crippen LogP contribution in [0.4, 0.5) is 0 Å². The van der Waals surface area contributed by atoms with Gasteiger partial charge in [0.1, 0.15) is 0 Å². The molecule has 0 saturated heterocycles. The molecule has 4 heteroatoms. The second-order valence-corrected chi connectivity index (χ2v) is 7.72. The molecule has 0 aliphatic rings. The number of sulfonamides is 1. The van der Waals surface area contributed by atoms with Gasteiger partial charge in [0.05, 0.1) is 4.90 Å². The molecule has 3 rings (SSSR count). The number of rotatable bonds is 7. The molecule has 0 aliphatic heterocycles. The molecule has 0 fully saturated rings. The molecule has 0 aromatic heterocycles. The van der Waals surface area contributed by atoms with Crippen LogP contribution in [0.15, 0.2) is 78.2 Å². The van der Waals surface area contributed by atoms with Crippen molar-refractivity contribution < 1.29 is 8.42 Å². The van der Waals surface area contributed by atoms with E-state index in [2.05, 4.69) is 41.6 Å². The van der Waals surface area contributed by atoms with Gasteiger partial charge in [0.15, 0.2) is 0 Å². The van der Waals surface area contributed by atoms with Gasteiger partial charge in [0.2, 0.25) is 10.0 Å². The molecular weight excluding hydrogens is 330 g/mol. The van der Waals surface area contributed by atoms with Crippen molar-refractivity contribution in [2.24, 2.45) is 0 Å². The number of nitrogens with one attached hydrogen (secondary N) is 1. The highest BCUT2D eigenvalue weighted by molar-refractivity contribution is 7.89. The first-order valence-corrected chi connectivity index (χ1v) is 9.77. The van der Waals surface area contributed by atoms with Gasteiger partial charge in [-0.25, -0.2) is 13.1 Å². The first kappa shape index (κ1) is 17.4. The van der Waals surface area contributed by atoms with Crippen molar-refractivity contribution in [1.29, 1.82) is 0 Å². The number of benzene rings is 3. The minimum Gasteiger partial charge on any atom is -0.211 e. The van der Waals surface area contributed by atoms with Crippen molar-refractivity contribution in [3.8, 4) is 0 Å².